The summed E-state index contributed by atoms with van der Waals surface area (Å²) in [4.78, 5) is 0. The Morgan fingerprint density at radius 3 is 0.923 bits per heavy atom. The second kappa shape index (κ2) is 12.5. The quantitative estimate of drug-likeness (QED) is 0.139. The van der Waals surface area contributed by atoms with Crippen LogP contribution in [0.5, 0.6) is 0 Å². The van der Waals surface area contributed by atoms with E-state index in [1.54, 1.807) is 0 Å². The van der Waals surface area contributed by atoms with E-state index < -0.39 is 87.2 Å². The highest BCUT2D eigenvalue weighted by atomic mass is 28.4. The Bertz CT molecular complexity index is 683. The molecule has 0 amide bonds. The monoisotopic (exact) mass is 652 g/mol. The summed E-state index contributed by atoms with van der Waals surface area (Å²) in [5.41, 5.74) is -9.17. The lowest BCUT2D eigenvalue weighted by atomic mass is 9.99. The van der Waals surface area contributed by atoms with Crippen LogP contribution in [-0.4, -0.2) is 74.3 Å². The summed E-state index contributed by atoms with van der Waals surface area (Å²) in [5.74, 6) is 0. The van der Waals surface area contributed by atoms with E-state index in [-0.39, 0.29) is 12.5 Å². The molecule has 0 N–H and O–H groups in total. The van der Waals surface area contributed by atoms with Crippen molar-refractivity contribution in [3.8, 4) is 0 Å². The van der Waals surface area contributed by atoms with Crippen molar-refractivity contribution in [3.63, 3.8) is 0 Å². The van der Waals surface area contributed by atoms with Crippen LogP contribution in [0.15, 0.2) is 0 Å². The van der Waals surface area contributed by atoms with Crippen molar-refractivity contribution in [1.29, 1.82) is 0 Å². The molecule has 0 aromatic carbocycles. The summed E-state index contributed by atoms with van der Waals surface area (Å²) in [5, 5.41) is 0. The zero-order valence-electron chi connectivity index (χ0n) is 22.9. The number of hydrogen-bond acceptors (Lipinski definition) is 4. The van der Waals surface area contributed by atoms with E-state index >= 15 is 0 Å². The first-order chi connectivity index (χ1) is 16.9. The topological polar surface area (TPSA) is 36.9 Å². The molecule has 0 radical (unpaired) electrons. The van der Waals surface area contributed by atoms with Gasteiger partial charge >= 0.3 is 33.3 Å². The molecule has 0 saturated heterocycles. The first-order valence-electron chi connectivity index (χ1n) is 11.8. The SMILES string of the molecule is CCC[Si](C)(OCCC(O[Si](C)(C)C)(C(F)(F)F)C(F)(F)F)OCCC(O[Si](C)(C)C)(C(F)(F)F)C(F)(F)F. The van der Waals surface area contributed by atoms with Crippen LogP contribution >= 0.6 is 0 Å². The average Bonchev–Trinajstić information content (AvgIpc) is 2.60. The first-order valence-corrected chi connectivity index (χ1v) is 21.2. The lowest BCUT2D eigenvalue weighted by molar-refractivity contribution is -0.363. The van der Waals surface area contributed by atoms with E-state index in [0.717, 1.165) is 45.8 Å². The second-order valence-electron chi connectivity index (χ2n) is 11.2. The number of rotatable bonds is 14. The number of alkyl halides is 12. The second-order valence-corrected chi connectivity index (χ2v) is 23.4. The molecule has 0 saturated carbocycles. The Hall–Kier alpha value is -0.349. The highest BCUT2D eigenvalue weighted by Crippen LogP contribution is 2.51. The minimum absolute atomic E-state index is 0.132. The Morgan fingerprint density at radius 2 is 0.744 bits per heavy atom. The lowest BCUT2D eigenvalue weighted by Crippen LogP contribution is -2.63. The fourth-order valence-corrected chi connectivity index (χ4v) is 8.83. The summed E-state index contributed by atoms with van der Waals surface area (Å²) < 4.78 is 185. The minimum atomic E-state index is -5.90. The molecule has 0 unspecified atom stereocenters. The maximum absolute atomic E-state index is 13.7. The van der Waals surface area contributed by atoms with E-state index in [2.05, 4.69) is 8.85 Å². The predicted octanol–water partition coefficient (Wildman–Crippen LogP) is 8.71. The van der Waals surface area contributed by atoms with Gasteiger partial charge in [-0.25, -0.2) is 0 Å². The summed E-state index contributed by atoms with van der Waals surface area (Å²) >= 11 is 0. The normalized spacial score (nSPS) is 15.7. The van der Waals surface area contributed by atoms with Crippen molar-refractivity contribution >= 4 is 25.2 Å². The van der Waals surface area contributed by atoms with Crippen molar-refractivity contribution < 1.29 is 70.4 Å². The molecule has 19 heteroatoms. The molecule has 0 fully saturated rings. The van der Waals surface area contributed by atoms with Gasteiger partial charge in [0.1, 0.15) is 0 Å². The molecule has 0 aliphatic heterocycles. The molecule has 0 heterocycles. The van der Waals surface area contributed by atoms with Crippen molar-refractivity contribution in [2.45, 2.75) is 114 Å². The van der Waals surface area contributed by atoms with E-state index in [1.807, 2.05) is 0 Å². The zero-order valence-corrected chi connectivity index (χ0v) is 25.9. The molecule has 0 spiro atoms. The van der Waals surface area contributed by atoms with Gasteiger partial charge in [0.25, 0.3) is 11.2 Å². The van der Waals surface area contributed by atoms with Crippen LogP contribution < -0.4 is 0 Å². The molecule has 0 rings (SSSR count). The third-order valence-corrected chi connectivity index (χ3v) is 10.2. The Balaban J connectivity index is 6.03. The van der Waals surface area contributed by atoms with Crippen molar-refractivity contribution in [2.24, 2.45) is 0 Å². The first kappa shape index (κ1) is 38.7. The lowest BCUT2D eigenvalue weighted by Gasteiger charge is -2.42. The molecule has 39 heavy (non-hydrogen) atoms. The van der Waals surface area contributed by atoms with Crippen LogP contribution in [0.25, 0.3) is 0 Å². The Labute approximate surface area is 223 Å². The van der Waals surface area contributed by atoms with Gasteiger partial charge in [0.15, 0.2) is 16.6 Å². The summed E-state index contributed by atoms with van der Waals surface area (Å²) in [7, 11) is -10.8. The highest BCUT2D eigenvalue weighted by Gasteiger charge is 2.73. The highest BCUT2D eigenvalue weighted by molar-refractivity contribution is 6.70. The van der Waals surface area contributed by atoms with Crippen LogP contribution in [-0.2, 0) is 17.7 Å². The average molecular weight is 653 g/mol. The van der Waals surface area contributed by atoms with E-state index in [1.165, 1.54) is 6.92 Å². The Morgan fingerprint density at radius 1 is 0.487 bits per heavy atom. The zero-order chi connectivity index (χ0) is 31.6. The summed E-state index contributed by atoms with van der Waals surface area (Å²) in [6.07, 6.45) is -26.9. The maximum Gasteiger partial charge on any atom is 0.425 e. The van der Waals surface area contributed by atoms with E-state index in [9.17, 15) is 52.7 Å². The molecule has 4 nitrogen and oxygen atoms in total. The maximum atomic E-state index is 13.7. The fourth-order valence-electron chi connectivity index (χ4n) is 3.73. The predicted molar refractivity (Wildman–Crippen MR) is 126 cm³/mol. The van der Waals surface area contributed by atoms with Gasteiger partial charge in [-0.05, 0) is 51.9 Å². The molecule has 0 aromatic rings. The van der Waals surface area contributed by atoms with Crippen LogP contribution in [0.1, 0.15) is 26.2 Å². The van der Waals surface area contributed by atoms with Crippen LogP contribution in [0.3, 0.4) is 0 Å². The van der Waals surface area contributed by atoms with Crippen molar-refractivity contribution in [3.05, 3.63) is 0 Å². The van der Waals surface area contributed by atoms with E-state index in [4.69, 9.17) is 8.85 Å². The summed E-state index contributed by atoms with van der Waals surface area (Å²) in [6, 6.07) is -0.132. The molecule has 236 valence electrons. The van der Waals surface area contributed by atoms with Gasteiger partial charge in [-0.15, -0.1) is 0 Å². The molecule has 0 atom stereocenters. The van der Waals surface area contributed by atoms with Gasteiger partial charge in [-0.1, -0.05) is 13.3 Å². The van der Waals surface area contributed by atoms with Crippen molar-refractivity contribution in [2.75, 3.05) is 13.2 Å². The number of hydrogen-bond donors (Lipinski definition) is 0. The van der Waals surface area contributed by atoms with E-state index in [0.29, 0.717) is 0 Å². The van der Waals surface area contributed by atoms with Crippen LogP contribution in [0.2, 0.25) is 51.9 Å². The van der Waals surface area contributed by atoms with Crippen LogP contribution in [0.4, 0.5) is 52.7 Å². The smallest absolute Gasteiger partial charge is 0.397 e. The minimum Gasteiger partial charge on any atom is -0.397 e. The molecule has 0 bridgehead atoms. The molecular formula is C20H36F12O4Si3. The standard InChI is InChI=1S/C20H36F12O4Si3/c1-9-14-39(8,33-12-10-15(17(21,22)23,18(24,25)26)35-37(2,3)4)34-13-11-16(19(27,28)29,20(30,31)32)36-38(5,6)7/h9-14H2,1-8H3. The summed E-state index contributed by atoms with van der Waals surface area (Å²) in [6.45, 7) is 6.94. The molecule has 0 aromatic heterocycles. The third-order valence-electron chi connectivity index (χ3n) is 5.22. The largest absolute Gasteiger partial charge is 0.425 e. The molecule has 0 aliphatic rings. The fraction of sp³-hybridized carbons (Fsp3) is 1.00. The molecule has 0 aliphatic carbocycles. The molecular weight excluding hydrogens is 616 g/mol. The van der Waals surface area contributed by atoms with Gasteiger partial charge in [0, 0.05) is 26.1 Å². The van der Waals surface area contributed by atoms with Crippen molar-refractivity contribution in [1.82, 2.24) is 0 Å². The third kappa shape index (κ3) is 10.5. The van der Waals surface area contributed by atoms with Gasteiger partial charge in [-0.2, -0.15) is 52.7 Å². The van der Waals surface area contributed by atoms with Gasteiger partial charge in [0.2, 0.25) is 0 Å². The van der Waals surface area contributed by atoms with Gasteiger partial charge in [0.05, 0.1) is 0 Å². The van der Waals surface area contributed by atoms with Gasteiger partial charge < -0.3 is 17.7 Å². The van der Waals surface area contributed by atoms with Crippen LogP contribution in [0, 0.1) is 0 Å². The Kier molecular flexibility index (Phi) is 12.4. The number of halogens is 12. The van der Waals surface area contributed by atoms with Gasteiger partial charge in [-0.3, -0.25) is 0 Å².